The van der Waals surface area contributed by atoms with E-state index in [0.29, 0.717) is 22.8 Å². The molecule has 0 radical (unpaired) electrons. The van der Waals surface area contributed by atoms with Crippen LogP contribution < -0.4 is 5.69 Å². The van der Waals surface area contributed by atoms with Crippen LogP contribution in [0.15, 0.2) is 70.5 Å². The third-order valence-electron chi connectivity index (χ3n) is 5.15. The molecular formula is C23H20ClN3O3. The van der Waals surface area contributed by atoms with Gasteiger partial charge in [-0.15, -0.1) is 0 Å². The summed E-state index contributed by atoms with van der Waals surface area (Å²) < 4.78 is 6.78. The molecule has 7 heteroatoms. The number of carbonyl (C=O) groups is 1. The summed E-state index contributed by atoms with van der Waals surface area (Å²) in [4.78, 5) is 34.4. The predicted molar refractivity (Wildman–Crippen MR) is 116 cm³/mol. The van der Waals surface area contributed by atoms with Crippen LogP contribution in [0.1, 0.15) is 30.9 Å². The van der Waals surface area contributed by atoms with Gasteiger partial charge in [0, 0.05) is 17.2 Å². The van der Waals surface area contributed by atoms with Gasteiger partial charge in [0.15, 0.2) is 0 Å². The van der Waals surface area contributed by atoms with Gasteiger partial charge in [0.1, 0.15) is 16.9 Å². The predicted octanol–water partition coefficient (Wildman–Crippen LogP) is 4.30. The fourth-order valence-corrected chi connectivity index (χ4v) is 4.16. The minimum atomic E-state index is -0.666. The van der Waals surface area contributed by atoms with Crippen molar-refractivity contribution in [2.45, 2.75) is 19.8 Å². The molecule has 1 aliphatic heterocycles. The maximum atomic E-state index is 12.9. The van der Waals surface area contributed by atoms with E-state index in [0.717, 1.165) is 5.56 Å². The maximum Gasteiger partial charge on any atom is 0.355 e. The molecule has 3 aromatic rings. The molecule has 2 heterocycles. The zero-order chi connectivity index (χ0) is 21.3. The lowest BCUT2D eigenvalue weighted by atomic mass is 9.77. The Bertz CT molecular complexity index is 1170. The summed E-state index contributed by atoms with van der Waals surface area (Å²) >= 11 is 6.50. The molecule has 4 rings (SSSR count). The molecule has 0 saturated carbocycles. The van der Waals surface area contributed by atoms with E-state index >= 15 is 0 Å². The second-order valence-corrected chi connectivity index (χ2v) is 7.32. The maximum absolute atomic E-state index is 12.9. The normalized spacial score (nSPS) is 17.8. The highest BCUT2D eigenvalue weighted by atomic mass is 35.5. The van der Waals surface area contributed by atoms with Crippen molar-refractivity contribution < 1.29 is 9.53 Å². The van der Waals surface area contributed by atoms with Crippen LogP contribution in [0.3, 0.4) is 0 Å². The first-order chi connectivity index (χ1) is 14.5. The molecule has 0 amide bonds. The molecule has 0 saturated heterocycles. The molecule has 2 atom stereocenters. The average molecular weight is 422 g/mol. The molecule has 0 spiro atoms. The lowest BCUT2D eigenvalue weighted by molar-refractivity contribution is -0.146. The van der Waals surface area contributed by atoms with Crippen molar-refractivity contribution in [2.75, 3.05) is 6.61 Å². The number of esters is 1. The first-order valence-electron chi connectivity index (χ1n) is 9.67. The van der Waals surface area contributed by atoms with E-state index in [2.05, 4.69) is 9.98 Å². The van der Waals surface area contributed by atoms with Crippen LogP contribution in [0.25, 0.3) is 5.69 Å². The molecule has 152 valence electrons. The summed E-state index contributed by atoms with van der Waals surface area (Å²) in [5, 5.41) is 0.0431. The largest absolute Gasteiger partial charge is 0.465 e. The van der Waals surface area contributed by atoms with E-state index in [4.69, 9.17) is 16.3 Å². The van der Waals surface area contributed by atoms with Crippen LogP contribution in [0.5, 0.6) is 0 Å². The smallest absolute Gasteiger partial charge is 0.355 e. The Balaban J connectivity index is 2.04. The van der Waals surface area contributed by atoms with Gasteiger partial charge in [-0.05, 0) is 31.5 Å². The summed E-state index contributed by atoms with van der Waals surface area (Å²) in [5.41, 5.74) is 2.06. The van der Waals surface area contributed by atoms with Gasteiger partial charge in [0.2, 0.25) is 0 Å². The number of hydrogen-bond acceptors (Lipinski definition) is 5. The number of nitrogens with zero attached hydrogens (tertiary/aromatic N) is 3. The van der Waals surface area contributed by atoms with Gasteiger partial charge in [-0.1, -0.05) is 60.1 Å². The highest BCUT2D eigenvalue weighted by molar-refractivity contribution is 6.30. The molecular weight excluding hydrogens is 402 g/mol. The van der Waals surface area contributed by atoms with Crippen molar-refractivity contribution >= 4 is 29.1 Å². The number of halogens is 1. The third-order valence-corrected chi connectivity index (χ3v) is 5.44. The third kappa shape index (κ3) is 3.44. The SMILES string of the molecule is CCOC(=O)C1C(C)=Nc2c(c(Cl)nc(=O)n2-c2ccccc2)C1c1ccccc1. The molecule has 0 N–H and O–H groups in total. The van der Waals surface area contributed by atoms with Crippen molar-refractivity contribution in [1.29, 1.82) is 0 Å². The van der Waals surface area contributed by atoms with E-state index in [-0.39, 0.29) is 17.7 Å². The molecule has 2 unspecified atom stereocenters. The molecule has 30 heavy (non-hydrogen) atoms. The fraction of sp³-hybridized carbons (Fsp3) is 0.217. The first kappa shape index (κ1) is 20.0. The molecule has 0 fully saturated rings. The Kier molecular flexibility index (Phi) is 5.50. The highest BCUT2D eigenvalue weighted by Gasteiger charge is 2.41. The second kappa shape index (κ2) is 8.24. The first-order valence-corrected chi connectivity index (χ1v) is 10.0. The standard InChI is InChI=1S/C23H20ClN3O3/c1-3-30-22(28)17-14(2)25-21-19(18(17)15-10-6-4-7-11-15)20(24)26-23(29)27(21)16-12-8-5-9-13-16/h4-13,17-18H,3H2,1-2H3. The second-order valence-electron chi connectivity index (χ2n) is 6.96. The van der Waals surface area contributed by atoms with Crippen molar-refractivity contribution in [3.8, 4) is 5.69 Å². The number of aliphatic imine (C=N–C) groups is 1. The van der Waals surface area contributed by atoms with E-state index in [1.807, 2.05) is 48.5 Å². The zero-order valence-electron chi connectivity index (χ0n) is 16.6. The van der Waals surface area contributed by atoms with Crippen molar-refractivity contribution in [3.05, 3.63) is 87.4 Å². The van der Waals surface area contributed by atoms with Gasteiger partial charge in [-0.3, -0.25) is 4.79 Å². The monoisotopic (exact) mass is 421 g/mol. The van der Waals surface area contributed by atoms with Gasteiger partial charge >= 0.3 is 11.7 Å². The van der Waals surface area contributed by atoms with E-state index < -0.39 is 17.5 Å². The Morgan fingerprint density at radius 3 is 2.37 bits per heavy atom. The minimum absolute atomic E-state index is 0.0431. The van der Waals surface area contributed by atoms with Crippen molar-refractivity contribution in [2.24, 2.45) is 10.9 Å². The lowest BCUT2D eigenvalue weighted by Gasteiger charge is -2.32. The Morgan fingerprint density at radius 1 is 1.10 bits per heavy atom. The molecule has 0 bridgehead atoms. The van der Waals surface area contributed by atoms with Gasteiger partial charge in [-0.25, -0.2) is 14.4 Å². The fourth-order valence-electron chi connectivity index (χ4n) is 3.89. The molecule has 0 aliphatic carbocycles. The summed E-state index contributed by atoms with van der Waals surface area (Å²) in [6.07, 6.45) is 0. The van der Waals surface area contributed by atoms with E-state index in [1.54, 1.807) is 26.0 Å². The highest BCUT2D eigenvalue weighted by Crippen LogP contribution is 2.45. The van der Waals surface area contributed by atoms with Gasteiger partial charge in [-0.2, -0.15) is 4.98 Å². The minimum Gasteiger partial charge on any atom is -0.465 e. The number of para-hydroxylation sites is 1. The summed E-state index contributed by atoms with van der Waals surface area (Å²) in [6, 6.07) is 18.7. The number of rotatable bonds is 4. The summed E-state index contributed by atoms with van der Waals surface area (Å²) in [7, 11) is 0. The van der Waals surface area contributed by atoms with Crippen LogP contribution in [0.2, 0.25) is 5.15 Å². The van der Waals surface area contributed by atoms with Crippen LogP contribution in [0.4, 0.5) is 5.82 Å². The number of fused-ring (bicyclic) bond motifs is 1. The number of ether oxygens (including phenoxy) is 1. The lowest BCUT2D eigenvalue weighted by Crippen LogP contribution is -2.36. The number of aromatic nitrogens is 2. The Hall–Kier alpha value is -3.25. The molecule has 6 nitrogen and oxygen atoms in total. The number of hydrogen-bond donors (Lipinski definition) is 0. The number of carbonyl (C=O) groups excluding carboxylic acids is 1. The zero-order valence-corrected chi connectivity index (χ0v) is 17.3. The van der Waals surface area contributed by atoms with Gasteiger partial charge in [0.25, 0.3) is 0 Å². The van der Waals surface area contributed by atoms with Gasteiger partial charge in [0.05, 0.1) is 12.3 Å². The molecule has 1 aromatic heterocycles. The summed E-state index contributed by atoms with van der Waals surface area (Å²) in [6.45, 7) is 3.79. The van der Waals surface area contributed by atoms with E-state index in [1.165, 1.54) is 4.57 Å². The van der Waals surface area contributed by atoms with Crippen LogP contribution >= 0.6 is 11.6 Å². The molecule has 1 aliphatic rings. The van der Waals surface area contributed by atoms with Crippen LogP contribution in [0, 0.1) is 5.92 Å². The topological polar surface area (TPSA) is 73.6 Å². The van der Waals surface area contributed by atoms with Crippen molar-refractivity contribution in [1.82, 2.24) is 9.55 Å². The Labute approximate surface area is 178 Å². The average Bonchev–Trinajstić information content (AvgIpc) is 2.74. The Morgan fingerprint density at radius 2 is 1.73 bits per heavy atom. The van der Waals surface area contributed by atoms with Gasteiger partial charge < -0.3 is 4.74 Å². The van der Waals surface area contributed by atoms with Crippen LogP contribution in [-0.2, 0) is 9.53 Å². The summed E-state index contributed by atoms with van der Waals surface area (Å²) in [5.74, 6) is -1.14. The quantitative estimate of drug-likeness (QED) is 0.465. The number of benzene rings is 2. The van der Waals surface area contributed by atoms with Crippen molar-refractivity contribution in [3.63, 3.8) is 0 Å². The van der Waals surface area contributed by atoms with Crippen LogP contribution in [-0.4, -0.2) is 27.8 Å². The molecule has 2 aromatic carbocycles. The van der Waals surface area contributed by atoms with E-state index in [9.17, 15) is 9.59 Å².